The average molecular weight is 291 g/mol. The van der Waals surface area contributed by atoms with Crippen LogP contribution in [0.1, 0.15) is 24.7 Å². The van der Waals surface area contributed by atoms with Crippen LogP contribution in [0.5, 0.6) is 0 Å². The summed E-state index contributed by atoms with van der Waals surface area (Å²) in [6, 6.07) is 5.60. The number of likely N-dealkylation sites (tertiary alicyclic amines) is 1. The van der Waals surface area contributed by atoms with E-state index in [0.29, 0.717) is 25.9 Å². The van der Waals surface area contributed by atoms with E-state index in [-0.39, 0.29) is 12.6 Å². The van der Waals surface area contributed by atoms with Crippen molar-refractivity contribution in [3.05, 3.63) is 29.6 Å². The van der Waals surface area contributed by atoms with Gasteiger partial charge in [-0.25, -0.2) is 4.79 Å². The summed E-state index contributed by atoms with van der Waals surface area (Å²) in [5, 5.41) is 12.0. The summed E-state index contributed by atoms with van der Waals surface area (Å²) in [5.74, 6) is -0.846. The second kappa shape index (κ2) is 6.11. The van der Waals surface area contributed by atoms with E-state index in [4.69, 9.17) is 5.11 Å². The molecule has 0 spiro atoms. The van der Waals surface area contributed by atoms with Crippen molar-refractivity contribution >= 4 is 12.0 Å². The molecular weight excluding hydrogens is 270 g/mol. The highest BCUT2D eigenvalue weighted by molar-refractivity contribution is 5.79. The molecule has 6 heteroatoms. The molecule has 1 aliphatic heterocycles. The summed E-state index contributed by atoms with van der Waals surface area (Å²) in [6.07, 6.45) is 1.16. The van der Waals surface area contributed by atoms with Gasteiger partial charge in [-0.2, -0.15) is 0 Å². The molecule has 0 saturated carbocycles. The summed E-state index contributed by atoms with van der Waals surface area (Å²) in [5.41, 5.74) is 1.07. The molecule has 6 nitrogen and oxygen atoms in total. The van der Waals surface area contributed by atoms with E-state index in [9.17, 15) is 9.59 Å². The summed E-state index contributed by atoms with van der Waals surface area (Å²) >= 11 is 0. The predicted molar refractivity (Wildman–Crippen MR) is 78.0 cm³/mol. The summed E-state index contributed by atoms with van der Waals surface area (Å²) in [7, 11) is 0. The summed E-state index contributed by atoms with van der Waals surface area (Å²) in [4.78, 5) is 29.1. The second-order valence-electron chi connectivity index (χ2n) is 5.79. The number of carbonyl (C=O) groups excluding carboxylic acids is 1. The molecule has 1 saturated heterocycles. The van der Waals surface area contributed by atoms with Crippen molar-refractivity contribution in [3.8, 4) is 0 Å². The number of aryl methyl sites for hydroxylation is 1. The van der Waals surface area contributed by atoms with Gasteiger partial charge in [-0.05, 0) is 32.4 Å². The van der Waals surface area contributed by atoms with Gasteiger partial charge in [0.1, 0.15) is 0 Å². The molecule has 1 atom stereocenters. The molecule has 1 unspecified atom stereocenters. The minimum absolute atomic E-state index is 0.201. The number of carbonyl (C=O) groups is 2. The highest BCUT2D eigenvalue weighted by Gasteiger charge is 2.42. The first-order valence-corrected chi connectivity index (χ1v) is 7.09. The first-order valence-electron chi connectivity index (χ1n) is 7.09. The van der Waals surface area contributed by atoms with E-state index < -0.39 is 11.4 Å². The van der Waals surface area contributed by atoms with Crippen LogP contribution in [-0.2, 0) is 11.2 Å². The van der Waals surface area contributed by atoms with Crippen LogP contribution >= 0.6 is 0 Å². The lowest BCUT2D eigenvalue weighted by Crippen LogP contribution is -2.41. The minimum atomic E-state index is -0.846. The molecule has 114 valence electrons. The molecule has 2 rings (SSSR count). The van der Waals surface area contributed by atoms with Crippen LogP contribution in [0.2, 0.25) is 0 Å². The molecule has 1 aromatic rings. The van der Waals surface area contributed by atoms with Gasteiger partial charge in [0, 0.05) is 37.4 Å². The number of urea groups is 1. The largest absolute Gasteiger partial charge is 0.481 e. The number of rotatable bonds is 4. The highest BCUT2D eigenvalue weighted by Crippen LogP contribution is 2.29. The van der Waals surface area contributed by atoms with Crippen molar-refractivity contribution in [2.75, 3.05) is 19.6 Å². The first kappa shape index (κ1) is 15.3. The van der Waals surface area contributed by atoms with Crippen molar-refractivity contribution in [1.29, 1.82) is 0 Å². The maximum atomic E-state index is 12.0. The molecule has 2 amide bonds. The number of nitrogens with zero attached hydrogens (tertiary/aromatic N) is 2. The van der Waals surface area contributed by atoms with E-state index in [1.807, 2.05) is 25.1 Å². The molecular formula is C15H21N3O3. The molecule has 21 heavy (non-hydrogen) atoms. The topological polar surface area (TPSA) is 82.5 Å². The smallest absolute Gasteiger partial charge is 0.317 e. The fraction of sp³-hybridized carbons (Fsp3) is 0.533. The molecule has 0 radical (unpaired) electrons. The van der Waals surface area contributed by atoms with Gasteiger partial charge < -0.3 is 15.3 Å². The van der Waals surface area contributed by atoms with E-state index in [0.717, 1.165) is 11.4 Å². The van der Waals surface area contributed by atoms with Crippen molar-refractivity contribution in [3.63, 3.8) is 0 Å². The first-order chi connectivity index (χ1) is 9.90. The van der Waals surface area contributed by atoms with Gasteiger partial charge in [0.2, 0.25) is 0 Å². The van der Waals surface area contributed by atoms with Crippen molar-refractivity contribution in [2.45, 2.75) is 26.7 Å². The van der Waals surface area contributed by atoms with Crippen molar-refractivity contribution in [2.24, 2.45) is 5.41 Å². The minimum Gasteiger partial charge on any atom is -0.481 e. The van der Waals surface area contributed by atoms with Gasteiger partial charge in [-0.15, -0.1) is 0 Å². The summed E-state index contributed by atoms with van der Waals surface area (Å²) < 4.78 is 0. The zero-order valence-electron chi connectivity index (χ0n) is 12.4. The zero-order chi connectivity index (χ0) is 15.5. The lowest BCUT2D eigenvalue weighted by atomic mass is 9.90. The fourth-order valence-electron chi connectivity index (χ4n) is 2.46. The maximum Gasteiger partial charge on any atom is 0.317 e. The third-order valence-corrected chi connectivity index (χ3v) is 3.88. The molecule has 1 aliphatic rings. The molecule has 1 fully saturated rings. The Bertz CT molecular complexity index is 547. The normalized spacial score (nSPS) is 21.3. The van der Waals surface area contributed by atoms with Crippen molar-refractivity contribution < 1.29 is 14.7 Å². The lowest BCUT2D eigenvalue weighted by Gasteiger charge is -2.20. The van der Waals surface area contributed by atoms with Gasteiger partial charge >= 0.3 is 12.0 Å². The Morgan fingerprint density at radius 3 is 2.86 bits per heavy atom. The number of nitrogens with one attached hydrogen (secondary N) is 1. The van der Waals surface area contributed by atoms with Gasteiger partial charge in [-0.3, -0.25) is 9.78 Å². The predicted octanol–water partition coefficient (Wildman–Crippen LogP) is 1.44. The zero-order valence-corrected chi connectivity index (χ0v) is 12.4. The van der Waals surface area contributed by atoms with Crippen LogP contribution in [0.25, 0.3) is 0 Å². The number of aromatic nitrogens is 1. The SMILES string of the molecule is Cc1cccc(CCNC(=O)N2CCC(C)(C(=O)O)C2)n1. The van der Waals surface area contributed by atoms with E-state index in [2.05, 4.69) is 10.3 Å². The molecule has 1 aromatic heterocycles. The highest BCUT2D eigenvalue weighted by atomic mass is 16.4. The van der Waals surface area contributed by atoms with Crippen LogP contribution in [0, 0.1) is 12.3 Å². The number of amides is 2. The van der Waals surface area contributed by atoms with Crippen LogP contribution in [-0.4, -0.2) is 46.6 Å². The second-order valence-corrected chi connectivity index (χ2v) is 5.79. The monoisotopic (exact) mass is 291 g/mol. The van der Waals surface area contributed by atoms with E-state index in [1.54, 1.807) is 11.8 Å². The van der Waals surface area contributed by atoms with Crippen LogP contribution in [0.15, 0.2) is 18.2 Å². The quantitative estimate of drug-likeness (QED) is 0.879. The van der Waals surface area contributed by atoms with Crippen LogP contribution < -0.4 is 5.32 Å². The van der Waals surface area contributed by atoms with Crippen LogP contribution in [0.4, 0.5) is 4.79 Å². The van der Waals surface area contributed by atoms with E-state index >= 15 is 0 Å². The lowest BCUT2D eigenvalue weighted by molar-refractivity contribution is -0.146. The molecule has 0 aliphatic carbocycles. The number of carboxylic acid groups (broad SMARTS) is 1. The number of hydrogen-bond donors (Lipinski definition) is 2. The number of hydrogen-bond acceptors (Lipinski definition) is 3. The standard InChI is InChI=1S/C15H21N3O3/c1-11-4-3-5-12(17-11)6-8-16-14(21)18-9-7-15(2,10-18)13(19)20/h3-5H,6-10H2,1-2H3,(H,16,21)(H,19,20). The Kier molecular flexibility index (Phi) is 4.45. The Morgan fingerprint density at radius 1 is 1.48 bits per heavy atom. The van der Waals surface area contributed by atoms with Gasteiger partial charge in [-0.1, -0.05) is 6.07 Å². The number of pyridine rings is 1. The summed E-state index contributed by atoms with van der Waals surface area (Å²) in [6.45, 7) is 4.85. The third-order valence-electron chi connectivity index (χ3n) is 3.88. The maximum absolute atomic E-state index is 12.0. The third kappa shape index (κ3) is 3.71. The number of aliphatic carboxylic acids is 1. The Morgan fingerprint density at radius 2 is 2.24 bits per heavy atom. The number of carboxylic acids is 1. The van der Waals surface area contributed by atoms with Crippen molar-refractivity contribution in [1.82, 2.24) is 15.2 Å². The van der Waals surface area contributed by atoms with Gasteiger partial charge in [0.25, 0.3) is 0 Å². The molecule has 2 heterocycles. The molecule has 0 bridgehead atoms. The molecule has 2 N–H and O–H groups in total. The van der Waals surface area contributed by atoms with Crippen LogP contribution in [0.3, 0.4) is 0 Å². The van der Waals surface area contributed by atoms with Gasteiger partial charge in [0.05, 0.1) is 5.41 Å². The van der Waals surface area contributed by atoms with E-state index in [1.165, 1.54) is 0 Å². The Labute approximate surface area is 124 Å². The fourth-order valence-corrected chi connectivity index (χ4v) is 2.46. The Hall–Kier alpha value is -2.11. The van der Waals surface area contributed by atoms with Gasteiger partial charge in [0.15, 0.2) is 0 Å². The average Bonchev–Trinajstić information content (AvgIpc) is 2.83. The molecule has 0 aromatic carbocycles. The Balaban J connectivity index is 1.79.